The van der Waals surface area contributed by atoms with Crippen molar-refractivity contribution < 1.29 is 10.3 Å². The molecule has 0 aliphatic rings. The summed E-state index contributed by atoms with van der Waals surface area (Å²) in [6.07, 6.45) is 0. The molecular formula is CH5ClN2O2. The molecule has 0 aliphatic heterocycles. The van der Waals surface area contributed by atoms with Crippen LogP contribution in [0.2, 0.25) is 0 Å². The zero-order valence-electron chi connectivity index (χ0n) is 2.86. The fourth-order valence-electron chi connectivity index (χ4n) is 0. The maximum absolute atomic E-state index is 9.35. The molecule has 0 aliphatic carbocycles. The minimum absolute atomic E-state index is 0. The number of carbonyl (C=O) groups excluding carboxylic acids is 1. The zero-order valence-corrected chi connectivity index (χ0v) is 3.62. The largest absolute Gasteiger partial charge is 0.412 e. The molecule has 0 unspecified atom stereocenters. The Balaban J connectivity index is 0. The highest BCUT2D eigenvalue weighted by Crippen LogP contribution is 1.54. The van der Waals surface area contributed by atoms with Crippen LogP contribution in [0.1, 0.15) is 0 Å². The predicted molar refractivity (Wildman–Crippen MR) is 22.2 cm³/mol. The van der Waals surface area contributed by atoms with E-state index in [-0.39, 0.29) is 5.48 Å². The molecule has 2 amide bonds. The molecule has 38 valence electrons. The lowest BCUT2D eigenvalue weighted by Gasteiger charge is -1.76. The lowest BCUT2D eigenvalue weighted by molar-refractivity contribution is 0.254. The molecule has 0 aromatic heterocycles. The van der Waals surface area contributed by atoms with Crippen molar-refractivity contribution in [2.45, 2.75) is 0 Å². The van der Waals surface area contributed by atoms with Crippen LogP contribution in [-0.4, -0.2) is 11.5 Å². The van der Waals surface area contributed by atoms with Gasteiger partial charge in [0.15, 0.2) is 0 Å². The highest BCUT2D eigenvalue weighted by Gasteiger charge is 1.75. The Hall–Kier alpha value is -0.480. The molecule has 0 fully saturated rings. The maximum Gasteiger partial charge on any atom is 0.326 e. The molecule has 0 rings (SSSR count). The van der Waals surface area contributed by atoms with Crippen LogP contribution in [0.15, 0.2) is 0 Å². The van der Waals surface area contributed by atoms with Gasteiger partial charge in [-0.05, 0) is 0 Å². The quantitative estimate of drug-likeness (QED) is 0.386. The summed E-state index contributed by atoms with van der Waals surface area (Å²) in [5.41, 5.74) is 4.41. The van der Waals surface area contributed by atoms with Crippen LogP contribution in [0.3, 0.4) is 0 Å². The minimum atomic E-state index is -0.730. The summed E-state index contributed by atoms with van der Waals surface area (Å²) in [7, 11) is 0. The summed E-state index contributed by atoms with van der Waals surface area (Å²) >= 11 is 4.61. The van der Waals surface area contributed by atoms with Gasteiger partial charge in [-0.1, -0.05) is 0 Å². The van der Waals surface area contributed by atoms with Gasteiger partial charge in [0.2, 0.25) is 0 Å². The van der Waals surface area contributed by atoms with Crippen LogP contribution in [0.25, 0.3) is 0 Å². The molecular weight excluding hydrogens is 107 g/mol. The molecule has 0 aromatic rings. The smallest absolute Gasteiger partial charge is 0.326 e. The van der Waals surface area contributed by atoms with Gasteiger partial charge in [0.05, 0.1) is 0 Å². The number of nitrogens with two attached hydrogens (primary N) is 1. The lowest BCUT2D eigenvalue weighted by atomic mass is 11.2. The lowest BCUT2D eigenvalue weighted by Crippen LogP contribution is -2.19. The first-order valence-corrected chi connectivity index (χ1v) is 1.31. The molecule has 0 spiro atoms. The Labute approximate surface area is 39.7 Å². The van der Waals surface area contributed by atoms with Gasteiger partial charge in [0.25, 0.3) is 0 Å². The topological polar surface area (TPSA) is 86.6 Å². The molecule has 0 saturated carbocycles. The van der Waals surface area contributed by atoms with Gasteiger partial charge in [-0.15, -0.1) is 0 Å². The van der Waals surface area contributed by atoms with Crippen LogP contribution in [-0.2, 0) is 0 Å². The molecule has 0 bridgehead atoms. The van der Waals surface area contributed by atoms with Gasteiger partial charge in [0, 0.05) is 11.8 Å². The van der Waals surface area contributed by atoms with Crippen LogP contribution in [0.4, 0.5) is 4.79 Å². The average Bonchev–Trinajstić information content (AvgIpc) is 1.38. The SMILES string of the molecule is NC(=O)NCl.O. The van der Waals surface area contributed by atoms with Crippen molar-refractivity contribution in [1.82, 2.24) is 4.84 Å². The van der Waals surface area contributed by atoms with E-state index < -0.39 is 6.03 Å². The summed E-state index contributed by atoms with van der Waals surface area (Å²) in [4.78, 5) is 11.0. The third-order valence-corrected chi connectivity index (χ3v) is 0.279. The molecule has 0 saturated heterocycles. The van der Waals surface area contributed by atoms with E-state index in [1.165, 1.54) is 0 Å². The standard InChI is InChI=1S/CH3ClN2O.H2O/c2-4-1(3)5;/h(H3,3,4,5);1H2. The Morgan fingerprint density at radius 2 is 2.00 bits per heavy atom. The monoisotopic (exact) mass is 112 g/mol. The number of hydrogen-bond donors (Lipinski definition) is 2. The van der Waals surface area contributed by atoms with Gasteiger partial charge in [0.1, 0.15) is 0 Å². The van der Waals surface area contributed by atoms with E-state index in [0.29, 0.717) is 0 Å². The number of nitrogens with one attached hydrogen (secondary N) is 1. The highest BCUT2D eigenvalue weighted by molar-refractivity contribution is 6.20. The zero-order chi connectivity index (χ0) is 4.28. The van der Waals surface area contributed by atoms with E-state index in [1.807, 2.05) is 0 Å². The average molecular weight is 113 g/mol. The second-order valence-corrected chi connectivity index (χ2v) is 0.648. The van der Waals surface area contributed by atoms with Crippen molar-refractivity contribution in [2.24, 2.45) is 5.73 Å². The van der Waals surface area contributed by atoms with E-state index in [0.717, 1.165) is 0 Å². The fraction of sp³-hybridized carbons (Fsp3) is 0. The number of hydrogen-bond acceptors (Lipinski definition) is 1. The molecule has 5 heteroatoms. The minimum Gasteiger partial charge on any atom is -0.412 e. The van der Waals surface area contributed by atoms with Crippen LogP contribution >= 0.6 is 11.8 Å². The van der Waals surface area contributed by atoms with Crippen molar-refractivity contribution in [3.05, 3.63) is 0 Å². The Bertz CT molecular complexity index is 46.8. The Kier molecular flexibility index (Phi) is 6.86. The summed E-state index contributed by atoms with van der Waals surface area (Å²) in [5.74, 6) is 0. The first-order valence-electron chi connectivity index (χ1n) is 0.932. The maximum atomic E-state index is 9.35. The van der Waals surface area contributed by atoms with Gasteiger partial charge in [-0.3, -0.25) is 4.84 Å². The molecule has 0 heterocycles. The normalized spacial score (nSPS) is 5.50. The highest BCUT2D eigenvalue weighted by atomic mass is 35.5. The van der Waals surface area contributed by atoms with Gasteiger partial charge < -0.3 is 11.2 Å². The number of urea groups is 1. The third kappa shape index (κ3) is 9.68. The van der Waals surface area contributed by atoms with Gasteiger partial charge >= 0.3 is 6.03 Å². The van der Waals surface area contributed by atoms with Crippen LogP contribution in [0, 0.1) is 0 Å². The van der Waals surface area contributed by atoms with Crippen molar-refractivity contribution in [3.8, 4) is 0 Å². The van der Waals surface area contributed by atoms with E-state index in [4.69, 9.17) is 0 Å². The molecule has 4 nitrogen and oxygen atoms in total. The summed E-state index contributed by atoms with van der Waals surface area (Å²) < 4.78 is 0. The van der Waals surface area contributed by atoms with Gasteiger partial charge in [-0.2, -0.15) is 0 Å². The van der Waals surface area contributed by atoms with Crippen molar-refractivity contribution >= 4 is 17.8 Å². The summed E-state index contributed by atoms with van der Waals surface area (Å²) in [5, 5.41) is 0. The second kappa shape index (κ2) is 4.52. The van der Waals surface area contributed by atoms with Crippen LogP contribution < -0.4 is 10.6 Å². The number of amides is 2. The molecule has 6 heavy (non-hydrogen) atoms. The van der Waals surface area contributed by atoms with E-state index in [2.05, 4.69) is 17.5 Å². The fourth-order valence-corrected chi connectivity index (χ4v) is 0. The molecule has 5 N–H and O–H groups in total. The summed E-state index contributed by atoms with van der Waals surface area (Å²) in [6.45, 7) is 0. The van der Waals surface area contributed by atoms with Crippen molar-refractivity contribution in [1.29, 1.82) is 0 Å². The summed E-state index contributed by atoms with van der Waals surface area (Å²) in [6, 6.07) is -0.730. The first kappa shape index (κ1) is 9.10. The van der Waals surface area contributed by atoms with Crippen molar-refractivity contribution in [3.63, 3.8) is 0 Å². The van der Waals surface area contributed by atoms with Gasteiger partial charge in [-0.25, -0.2) is 4.79 Å². The Morgan fingerprint density at radius 1 is 1.83 bits per heavy atom. The predicted octanol–water partition coefficient (Wildman–Crippen LogP) is -1.02. The first-order chi connectivity index (χ1) is 2.27. The van der Waals surface area contributed by atoms with E-state index in [9.17, 15) is 4.79 Å². The number of rotatable bonds is 0. The molecule has 0 radical (unpaired) electrons. The van der Waals surface area contributed by atoms with E-state index >= 15 is 0 Å². The van der Waals surface area contributed by atoms with Crippen LogP contribution in [0.5, 0.6) is 0 Å². The number of halogens is 1. The number of carbonyl (C=O) groups is 1. The Morgan fingerprint density at radius 3 is 2.00 bits per heavy atom. The number of primary amides is 1. The molecule has 0 aromatic carbocycles. The third-order valence-electron chi connectivity index (χ3n) is 0.0931. The molecule has 0 atom stereocenters. The van der Waals surface area contributed by atoms with Crippen molar-refractivity contribution in [2.75, 3.05) is 0 Å². The van der Waals surface area contributed by atoms with E-state index in [1.54, 1.807) is 4.84 Å². The second-order valence-electron chi connectivity index (χ2n) is 0.459.